The number of rotatable bonds is 9. The summed E-state index contributed by atoms with van der Waals surface area (Å²) in [5.74, 6) is 2.96. The molecule has 0 atom stereocenters. The highest BCUT2D eigenvalue weighted by atomic mass is 32.2. The number of piperazine rings is 1. The molecule has 1 amide bonds. The Hall–Kier alpha value is -2.14. The van der Waals surface area contributed by atoms with Crippen molar-refractivity contribution < 1.29 is 4.79 Å². The predicted molar refractivity (Wildman–Crippen MR) is 127 cm³/mol. The van der Waals surface area contributed by atoms with Gasteiger partial charge in [-0.2, -0.15) is 9.97 Å². The van der Waals surface area contributed by atoms with Crippen molar-refractivity contribution in [2.24, 2.45) is 5.92 Å². The molecule has 2 aliphatic rings. The molecule has 10 nitrogen and oxygen atoms in total. The van der Waals surface area contributed by atoms with Gasteiger partial charge in [-0.15, -0.1) is 10.2 Å². The van der Waals surface area contributed by atoms with E-state index in [9.17, 15) is 4.79 Å². The lowest BCUT2D eigenvalue weighted by atomic mass is 9.89. The Morgan fingerprint density at radius 3 is 2.47 bits per heavy atom. The number of thioether (sulfide) groups is 1. The fraction of sp³-hybridized carbons (Fsp3) is 0.762. The van der Waals surface area contributed by atoms with Gasteiger partial charge in [0.05, 0.1) is 5.75 Å². The van der Waals surface area contributed by atoms with Gasteiger partial charge in [-0.05, 0) is 32.6 Å². The fourth-order valence-electron chi connectivity index (χ4n) is 4.53. The van der Waals surface area contributed by atoms with Crippen molar-refractivity contribution in [3.63, 3.8) is 0 Å². The molecule has 176 valence electrons. The number of carbonyl (C=O) groups excluding carboxylic acids is 1. The first-order chi connectivity index (χ1) is 15.7. The topological polar surface area (TPSA) is 104 Å². The van der Waals surface area contributed by atoms with Crippen LogP contribution >= 0.6 is 11.8 Å². The van der Waals surface area contributed by atoms with Gasteiger partial charge in [-0.1, -0.05) is 31.0 Å². The number of hydrogen-bond acceptors (Lipinski definition) is 9. The molecule has 2 aromatic rings. The van der Waals surface area contributed by atoms with Crippen molar-refractivity contribution in [3.8, 4) is 0 Å². The minimum absolute atomic E-state index is 0.152. The highest BCUT2D eigenvalue weighted by Crippen LogP contribution is 2.25. The van der Waals surface area contributed by atoms with Gasteiger partial charge >= 0.3 is 0 Å². The highest BCUT2D eigenvalue weighted by molar-refractivity contribution is 7.99. The lowest BCUT2D eigenvalue weighted by molar-refractivity contribution is -0.130. The lowest BCUT2D eigenvalue weighted by Gasteiger charge is -2.37. The smallest absolute Gasteiger partial charge is 0.261 e. The first kappa shape index (κ1) is 23.0. The second-order valence-corrected chi connectivity index (χ2v) is 9.47. The predicted octanol–water partition coefficient (Wildman–Crippen LogP) is 2.20. The molecule has 0 spiro atoms. The SMILES string of the molecule is CCNc1nc(NCC)n2c(SCC(=O)N3CCN(CC4CCCCC4)CC3)nnc2n1. The molecule has 0 bridgehead atoms. The van der Waals surface area contributed by atoms with Crippen LogP contribution in [0, 0.1) is 5.92 Å². The third-order valence-electron chi connectivity index (χ3n) is 6.21. The standard InChI is InChI=1S/C21H35N9OS/c1-3-22-18-24-19(23-4-2)30-20(25-18)26-27-21(30)32-15-17(31)29-12-10-28(11-13-29)14-16-8-6-5-7-9-16/h16H,3-15H2,1-2H3,(H2,22,23,24,25,26). The summed E-state index contributed by atoms with van der Waals surface area (Å²) in [6, 6.07) is 0. The first-order valence-electron chi connectivity index (χ1n) is 11.9. The van der Waals surface area contributed by atoms with E-state index in [1.807, 2.05) is 18.7 Å². The van der Waals surface area contributed by atoms with Crippen LogP contribution in [0.3, 0.4) is 0 Å². The normalized spacial score (nSPS) is 18.2. The van der Waals surface area contributed by atoms with Crippen molar-refractivity contribution in [2.75, 3.05) is 62.2 Å². The summed E-state index contributed by atoms with van der Waals surface area (Å²) in [7, 11) is 0. The molecule has 0 unspecified atom stereocenters. The van der Waals surface area contributed by atoms with Crippen LogP contribution in [0.2, 0.25) is 0 Å². The van der Waals surface area contributed by atoms with Gasteiger partial charge in [0.15, 0.2) is 5.16 Å². The van der Waals surface area contributed by atoms with Gasteiger partial charge in [0, 0.05) is 45.8 Å². The number of hydrogen-bond donors (Lipinski definition) is 2. The zero-order valence-corrected chi connectivity index (χ0v) is 20.0. The maximum absolute atomic E-state index is 12.8. The van der Waals surface area contributed by atoms with E-state index in [0.29, 0.717) is 35.1 Å². The molecule has 1 aliphatic heterocycles. The van der Waals surface area contributed by atoms with Crippen molar-refractivity contribution in [1.29, 1.82) is 0 Å². The number of fused-ring (bicyclic) bond motifs is 1. The maximum Gasteiger partial charge on any atom is 0.261 e. The molecule has 2 N–H and O–H groups in total. The van der Waals surface area contributed by atoms with E-state index in [2.05, 4.69) is 35.7 Å². The third kappa shape index (κ3) is 5.61. The molecule has 3 heterocycles. The van der Waals surface area contributed by atoms with Crippen molar-refractivity contribution >= 4 is 35.3 Å². The average molecular weight is 462 g/mol. The number of carbonyl (C=O) groups is 1. The summed E-state index contributed by atoms with van der Waals surface area (Å²) in [4.78, 5) is 26.3. The van der Waals surface area contributed by atoms with Gasteiger partial charge < -0.3 is 15.5 Å². The molecule has 0 aromatic carbocycles. The summed E-state index contributed by atoms with van der Waals surface area (Å²) in [6.07, 6.45) is 6.91. The van der Waals surface area contributed by atoms with Crippen LogP contribution in [-0.2, 0) is 4.79 Å². The van der Waals surface area contributed by atoms with Crippen molar-refractivity contribution in [2.45, 2.75) is 51.1 Å². The number of aromatic nitrogens is 5. The van der Waals surface area contributed by atoms with E-state index < -0.39 is 0 Å². The molecule has 1 saturated carbocycles. The fourth-order valence-corrected chi connectivity index (χ4v) is 5.36. The van der Waals surface area contributed by atoms with Crippen LogP contribution in [-0.4, -0.2) is 91.8 Å². The van der Waals surface area contributed by atoms with E-state index in [0.717, 1.165) is 38.6 Å². The second-order valence-electron chi connectivity index (χ2n) is 8.52. The summed E-state index contributed by atoms with van der Waals surface area (Å²) >= 11 is 1.39. The quantitative estimate of drug-likeness (QED) is 0.544. The van der Waals surface area contributed by atoms with E-state index >= 15 is 0 Å². The molecule has 11 heteroatoms. The van der Waals surface area contributed by atoms with Gasteiger partial charge in [-0.25, -0.2) is 4.40 Å². The van der Waals surface area contributed by atoms with E-state index in [-0.39, 0.29) is 5.91 Å². The molecule has 4 rings (SSSR count). The molecule has 0 radical (unpaired) electrons. The van der Waals surface area contributed by atoms with Crippen molar-refractivity contribution in [1.82, 2.24) is 34.4 Å². The Morgan fingerprint density at radius 1 is 1.00 bits per heavy atom. The van der Waals surface area contributed by atoms with Gasteiger partial charge in [0.1, 0.15) is 0 Å². The van der Waals surface area contributed by atoms with Crippen LogP contribution in [0.15, 0.2) is 5.16 Å². The summed E-state index contributed by atoms with van der Waals surface area (Å²) in [5.41, 5.74) is 0. The highest BCUT2D eigenvalue weighted by Gasteiger charge is 2.24. The Balaban J connectivity index is 1.32. The summed E-state index contributed by atoms with van der Waals surface area (Å²) in [5, 5.41) is 15.4. The maximum atomic E-state index is 12.8. The Morgan fingerprint density at radius 2 is 1.75 bits per heavy atom. The minimum atomic E-state index is 0.152. The largest absolute Gasteiger partial charge is 0.355 e. The minimum Gasteiger partial charge on any atom is -0.355 e. The number of nitrogens with one attached hydrogen (secondary N) is 2. The van der Waals surface area contributed by atoms with Crippen LogP contribution in [0.5, 0.6) is 0 Å². The molecule has 32 heavy (non-hydrogen) atoms. The Labute approximate surface area is 193 Å². The average Bonchev–Trinajstić information content (AvgIpc) is 3.22. The molecular weight excluding hydrogens is 426 g/mol. The van der Waals surface area contributed by atoms with E-state index in [1.54, 1.807) is 4.40 Å². The Kier molecular flexibility index (Phi) is 8.01. The summed E-state index contributed by atoms with van der Waals surface area (Å²) < 4.78 is 1.78. The second kappa shape index (κ2) is 11.1. The molecule has 1 aliphatic carbocycles. The zero-order chi connectivity index (χ0) is 22.3. The molecule has 2 fully saturated rings. The van der Waals surface area contributed by atoms with Crippen molar-refractivity contribution in [3.05, 3.63) is 0 Å². The first-order valence-corrected chi connectivity index (χ1v) is 12.9. The number of anilines is 2. The van der Waals surface area contributed by atoms with Crippen LogP contribution in [0.25, 0.3) is 5.78 Å². The van der Waals surface area contributed by atoms with Crippen LogP contribution < -0.4 is 10.6 Å². The van der Waals surface area contributed by atoms with E-state index in [4.69, 9.17) is 0 Å². The molecular formula is C21H35N9OS. The monoisotopic (exact) mass is 461 g/mol. The lowest BCUT2D eigenvalue weighted by Crippen LogP contribution is -2.50. The summed E-state index contributed by atoms with van der Waals surface area (Å²) in [6.45, 7) is 10.2. The third-order valence-corrected chi connectivity index (χ3v) is 7.12. The van der Waals surface area contributed by atoms with E-state index in [1.165, 1.54) is 50.4 Å². The molecule has 1 saturated heterocycles. The van der Waals surface area contributed by atoms with Crippen LogP contribution in [0.4, 0.5) is 11.9 Å². The van der Waals surface area contributed by atoms with Crippen LogP contribution in [0.1, 0.15) is 46.0 Å². The van der Waals surface area contributed by atoms with Gasteiger partial charge in [0.25, 0.3) is 5.78 Å². The van der Waals surface area contributed by atoms with Gasteiger partial charge in [0.2, 0.25) is 17.8 Å². The van der Waals surface area contributed by atoms with Gasteiger partial charge in [-0.3, -0.25) is 9.69 Å². The zero-order valence-electron chi connectivity index (χ0n) is 19.2. The molecule has 2 aromatic heterocycles. The Bertz CT molecular complexity index is 891. The number of nitrogens with zero attached hydrogens (tertiary/aromatic N) is 7. The number of amides is 1.